The molecule has 0 bridgehead atoms. The zero-order valence-corrected chi connectivity index (χ0v) is 51.0. The van der Waals surface area contributed by atoms with E-state index in [9.17, 15) is 14.4 Å². The van der Waals surface area contributed by atoms with E-state index in [-0.39, 0.29) is 31.1 Å². The Kier molecular flexibility index (Phi) is 62.2. The summed E-state index contributed by atoms with van der Waals surface area (Å²) < 4.78 is 17.0. The Bertz CT molecular complexity index is 1470. The largest absolute Gasteiger partial charge is 0.462 e. The van der Waals surface area contributed by atoms with Gasteiger partial charge in [0.1, 0.15) is 13.2 Å². The molecule has 0 aromatic heterocycles. The van der Waals surface area contributed by atoms with Crippen molar-refractivity contribution < 1.29 is 28.6 Å². The molecule has 444 valence electrons. The van der Waals surface area contributed by atoms with Gasteiger partial charge in [-0.1, -0.05) is 298 Å². The van der Waals surface area contributed by atoms with Gasteiger partial charge in [0.05, 0.1) is 0 Å². The van der Waals surface area contributed by atoms with E-state index in [0.717, 1.165) is 122 Å². The van der Waals surface area contributed by atoms with Crippen LogP contribution in [0.2, 0.25) is 0 Å². The lowest BCUT2D eigenvalue weighted by Crippen LogP contribution is -2.30. The number of allylic oxidation sites excluding steroid dienone is 14. The minimum atomic E-state index is -0.789. The molecule has 6 nitrogen and oxygen atoms in total. The normalized spacial score (nSPS) is 12.6. The molecular weight excluding hydrogens is 949 g/mol. The molecule has 0 amide bonds. The summed E-state index contributed by atoms with van der Waals surface area (Å²) in [5.74, 6) is -0.894. The van der Waals surface area contributed by atoms with Crippen LogP contribution in [0.1, 0.15) is 329 Å². The fourth-order valence-corrected chi connectivity index (χ4v) is 9.44. The van der Waals surface area contributed by atoms with Crippen molar-refractivity contribution in [2.24, 2.45) is 0 Å². The van der Waals surface area contributed by atoms with Crippen LogP contribution >= 0.6 is 0 Å². The van der Waals surface area contributed by atoms with Crippen molar-refractivity contribution >= 4 is 17.9 Å². The summed E-state index contributed by atoms with van der Waals surface area (Å²) in [5.41, 5.74) is 0. The maximum Gasteiger partial charge on any atom is 0.306 e. The van der Waals surface area contributed by atoms with Crippen molar-refractivity contribution in [2.75, 3.05) is 13.2 Å². The highest BCUT2D eigenvalue weighted by molar-refractivity contribution is 5.71. The first-order valence-electron chi connectivity index (χ1n) is 33.1. The highest BCUT2D eigenvalue weighted by Gasteiger charge is 2.19. The lowest BCUT2D eigenvalue weighted by molar-refractivity contribution is -0.167. The van der Waals surface area contributed by atoms with E-state index in [1.54, 1.807) is 0 Å². The zero-order valence-electron chi connectivity index (χ0n) is 51.0. The second-order valence-electron chi connectivity index (χ2n) is 22.0. The maximum absolute atomic E-state index is 12.9. The molecule has 0 radical (unpaired) electrons. The summed E-state index contributed by atoms with van der Waals surface area (Å²) in [7, 11) is 0. The van der Waals surface area contributed by atoms with Gasteiger partial charge in [-0.05, 0) is 96.3 Å². The molecule has 0 aliphatic rings. The van der Waals surface area contributed by atoms with E-state index in [0.29, 0.717) is 19.3 Å². The van der Waals surface area contributed by atoms with Crippen LogP contribution in [-0.4, -0.2) is 37.2 Å². The molecule has 0 aliphatic carbocycles. The Morgan fingerprint density at radius 1 is 0.273 bits per heavy atom. The minimum Gasteiger partial charge on any atom is -0.462 e. The van der Waals surface area contributed by atoms with E-state index in [1.165, 1.54) is 167 Å². The SMILES string of the molecule is CC/C=C\C/C=C\C/C=C\C/C=C\C/C=C\CCCCCCCC(=O)OCC(COC(=O)CCCCCCCCC/C=C\C/C=C\CCCCC)OC(=O)CCCCCCCCCCCCCCCCCCCCCCC. The number of carbonyl (C=O) groups is 3. The third kappa shape index (κ3) is 63.3. The molecule has 0 saturated heterocycles. The van der Waals surface area contributed by atoms with Gasteiger partial charge in [-0.2, -0.15) is 0 Å². The fraction of sp³-hybridized carbons (Fsp3) is 0.761. The van der Waals surface area contributed by atoms with Gasteiger partial charge >= 0.3 is 17.9 Å². The number of unbranched alkanes of at least 4 members (excludes halogenated alkanes) is 35. The number of hydrogen-bond acceptors (Lipinski definition) is 6. The fourth-order valence-electron chi connectivity index (χ4n) is 9.44. The molecule has 0 rings (SSSR count). The third-order valence-corrected chi connectivity index (χ3v) is 14.4. The standard InChI is InChI=1S/C71H124O6/c1-4-7-10-13-16-19-22-25-28-31-33-35-37-40-43-46-49-52-55-58-61-64-70(73)76-67-68(66-75-69(72)63-60-57-54-51-48-45-42-39-30-27-24-21-18-15-12-9-6-3)77-71(74)65-62-59-56-53-50-47-44-41-38-36-34-32-29-26-23-20-17-14-11-8-5-2/h7,10,16,18-19,21,25,27-28,30,33,35,40,43,68H,4-6,8-9,11-15,17,20,22-24,26,29,31-32,34,36-39,41-42,44-67H2,1-3H3/b10-7-,19-16-,21-18-,28-25-,30-27-,35-33-,43-40-. The molecule has 0 heterocycles. The van der Waals surface area contributed by atoms with Gasteiger partial charge in [0.2, 0.25) is 0 Å². The van der Waals surface area contributed by atoms with Gasteiger partial charge in [0.15, 0.2) is 6.10 Å². The average Bonchev–Trinajstić information content (AvgIpc) is 3.43. The number of carbonyl (C=O) groups excluding carboxylic acids is 3. The topological polar surface area (TPSA) is 78.9 Å². The van der Waals surface area contributed by atoms with Crippen LogP contribution in [0.25, 0.3) is 0 Å². The van der Waals surface area contributed by atoms with E-state index < -0.39 is 6.10 Å². The Morgan fingerprint density at radius 3 is 0.818 bits per heavy atom. The number of rotatable bonds is 60. The summed E-state index contributed by atoms with van der Waals surface area (Å²) in [6.07, 6.45) is 85.9. The number of hydrogen-bond donors (Lipinski definition) is 0. The third-order valence-electron chi connectivity index (χ3n) is 14.4. The second kappa shape index (κ2) is 65.1. The molecule has 0 spiro atoms. The molecule has 6 heteroatoms. The Balaban J connectivity index is 4.40. The van der Waals surface area contributed by atoms with Gasteiger partial charge < -0.3 is 14.2 Å². The first kappa shape index (κ1) is 73.6. The predicted octanol–water partition coefficient (Wildman–Crippen LogP) is 22.7. The van der Waals surface area contributed by atoms with Crippen LogP contribution in [0.4, 0.5) is 0 Å². The first-order chi connectivity index (χ1) is 38.0. The molecular formula is C71H124O6. The molecule has 0 saturated carbocycles. The van der Waals surface area contributed by atoms with E-state index in [4.69, 9.17) is 14.2 Å². The maximum atomic E-state index is 12.9. The molecule has 0 N–H and O–H groups in total. The molecule has 1 unspecified atom stereocenters. The van der Waals surface area contributed by atoms with Crippen LogP contribution in [0, 0.1) is 0 Å². The number of ether oxygens (including phenoxy) is 3. The smallest absolute Gasteiger partial charge is 0.306 e. The molecule has 0 aromatic rings. The van der Waals surface area contributed by atoms with Crippen molar-refractivity contribution in [1.29, 1.82) is 0 Å². The van der Waals surface area contributed by atoms with Crippen molar-refractivity contribution in [3.05, 3.63) is 85.1 Å². The average molecular weight is 1070 g/mol. The van der Waals surface area contributed by atoms with Crippen molar-refractivity contribution in [3.63, 3.8) is 0 Å². The summed E-state index contributed by atoms with van der Waals surface area (Å²) in [6, 6.07) is 0. The molecule has 77 heavy (non-hydrogen) atoms. The summed E-state index contributed by atoms with van der Waals surface area (Å²) in [5, 5.41) is 0. The van der Waals surface area contributed by atoms with Crippen LogP contribution < -0.4 is 0 Å². The molecule has 1 atom stereocenters. The summed E-state index contributed by atoms with van der Waals surface area (Å²) in [6.45, 7) is 6.52. The quantitative estimate of drug-likeness (QED) is 0.0261. The minimum absolute atomic E-state index is 0.0846. The zero-order chi connectivity index (χ0) is 55.7. The van der Waals surface area contributed by atoms with E-state index >= 15 is 0 Å². The Morgan fingerprint density at radius 2 is 0.506 bits per heavy atom. The molecule has 0 aliphatic heterocycles. The monoisotopic (exact) mass is 1070 g/mol. The van der Waals surface area contributed by atoms with Gasteiger partial charge in [-0.25, -0.2) is 0 Å². The lowest BCUT2D eigenvalue weighted by atomic mass is 10.0. The highest BCUT2D eigenvalue weighted by Crippen LogP contribution is 2.17. The van der Waals surface area contributed by atoms with Crippen LogP contribution in [0.3, 0.4) is 0 Å². The summed E-state index contributed by atoms with van der Waals surface area (Å²) >= 11 is 0. The van der Waals surface area contributed by atoms with Gasteiger partial charge in [-0.3, -0.25) is 14.4 Å². The van der Waals surface area contributed by atoms with E-state index in [1.807, 2.05) is 0 Å². The Labute approximate surface area is 477 Å². The number of esters is 3. The van der Waals surface area contributed by atoms with Crippen LogP contribution in [0.15, 0.2) is 85.1 Å². The molecule has 0 fully saturated rings. The van der Waals surface area contributed by atoms with Crippen molar-refractivity contribution in [2.45, 2.75) is 335 Å². The van der Waals surface area contributed by atoms with Crippen LogP contribution in [-0.2, 0) is 28.6 Å². The first-order valence-corrected chi connectivity index (χ1v) is 33.1. The van der Waals surface area contributed by atoms with Crippen molar-refractivity contribution in [3.8, 4) is 0 Å². The van der Waals surface area contributed by atoms with E-state index in [2.05, 4.69) is 106 Å². The van der Waals surface area contributed by atoms with Gasteiger partial charge in [0, 0.05) is 19.3 Å². The highest BCUT2D eigenvalue weighted by atomic mass is 16.6. The van der Waals surface area contributed by atoms with Crippen LogP contribution in [0.5, 0.6) is 0 Å². The van der Waals surface area contributed by atoms with Gasteiger partial charge in [-0.15, -0.1) is 0 Å². The Hall–Kier alpha value is -3.41. The van der Waals surface area contributed by atoms with Crippen molar-refractivity contribution in [1.82, 2.24) is 0 Å². The molecule has 0 aromatic carbocycles. The lowest BCUT2D eigenvalue weighted by Gasteiger charge is -2.18. The second-order valence-corrected chi connectivity index (χ2v) is 22.0. The summed E-state index contributed by atoms with van der Waals surface area (Å²) in [4.78, 5) is 38.4. The van der Waals surface area contributed by atoms with Gasteiger partial charge in [0.25, 0.3) is 0 Å². The predicted molar refractivity (Wildman–Crippen MR) is 334 cm³/mol.